The second-order valence-corrected chi connectivity index (χ2v) is 5.10. The van der Waals surface area contributed by atoms with Crippen LogP contribution in [0.4, 0.5) is 0 Å². The molecular formula is C13H22N4O3. The van der Waals surface area contributed by atoms with Gasteiger partial charge in [0.15, 0.2) is 0 Å². The van der Waals surface area contributed by atoms with Crippen LogP contribution in [0.1, 0.15) is 55.2 Å². The van der Waals surface area contributed by atoms with E-state index in [2.05, 4.69) is 20.8 Å². The van der Waals surface area contributed by atoms with Crippen molar-refractivity contribution in [2.75, 3.05) is 19.7 Å². The highest BCUT2D eigenvalue weighted by atomic mass is 16.5. The Balaban J connectivity index is 1.86. The molecule has 112 valence electrons. The van der Waals surface area contributed by atoms with Crippen molar-refractivity contribution in [2.24, 2.45) is 5.92 Å². The number of carbonyl (C=O) groups is 1. The van der Waals surface area contributed by atoms with Gasteiger partial charge in [0, 0.05) is 13.2 Å². The summed E-state index contributed by atoms with van der Waals surface area (Å²) < 4.78 is 5.13. The number of nitrogens with one attached hydrogen (secondary N) is 2. The molecule has 7 nitrogen and oxygen atoms in total. The van der Waals surface area contributed by atoms with Crippen molar-refractivity contribution in [2.45, 2.75) is 38.6 Å². The average molecular weight is 282 g/mol. The molecule has 2 heterocycles. The molecule has 2 unspecified atom stereocenters. The van der Waals surface area contributed by atoms with Crippen molar-refractivity contribution >= 4 is 5.91 Å². The molecule has 0 spiro atoms. The van der Waals surface area contributed by atoms with Crippen LogP contribution in [-0.4, -0.2) is 40.9 Å². The monoisotopic (exact) mass is 282 g/mol. The normalized spacial score (nSPS) is 20.0. The van der Waals surface area contributed by atoms with E-state index in [-0.39, 0.29) is 30.3 Å². The topological polar surface area (TPSA) is 100 Å². The number of carbonyl (C=O) groups excluding carboxylic acids is 1. The first-order valence-corrected chi connectivity index (χ1v) is 7.20. The number of aromatic nitrogens is 2. The van der Waals surface area contributed by atoms with Crippen LogP contribution in [0.5, 0.6) is 0 Å². The van der Waals surface area contributed by atoms with Gasteiger partial charge in [-0.05, 0) is 31.7 Å². The van der Waals surface area contributed by atoms with Crippen LogP contribution in [0, 0.1) is 5.92 Å². The number of amides is 1. The molecule has 2 atom stereocenters. The number of aliphatic hydroxyl groups excluding tert-OH is 1. The Hall–Kier alpha value is -1.47. The first-order valence-electron chi connectivity index (χ1n) is 7.20. The third kappa shape index (κ3) is 3.77. The van der Waals surface area contributed by atoms with Crippen molar-refractivity contribution < 1.29 is 14.4 Å². The number of hydrogen-bond donors (Lipinski definition) is 3. The fourth-order valence-corrected chi connectivity index (χ4v) is 2.31. The van der Waals surface area contributed by atoms with Gasteiger partial charge in [0.2, 0.25) is 5.89 Å². The summed E-state index contributed by atoms with van der Waals surface area (Å²) in [7, 11) is 0. The summed E-state index contributed by atoms with van der Waals surface area (Å²) in [5.41, 5.74) is 0. The molecular weight excluding hydrogens is 260 g/mol. The van der Waals surface area contributed by atoms with Gasteiger partial charge >= 0.3 is 0 Å². The minimum absolute atomic E-state index is 0.0711. The molecule has 0 bridgehead atoms. The molecule has 3 N–H and O–H groups in total. The fourth-order valence-electron chi connectivity index (χ4n) is 2.31. The van der Waals surface area contributed by atoms with Crippen LogP contribution in [-0.2, 0) is 0 Å². The third-order valence-corrected chi connectivity index (χ3v) is 3.67. The van der Waals surface area contributed by atoms with Gasteiger partial charge in [-0.1, -0.05) is 18.5 Å². The van der Waals surface area contributed by atoms with E-state index in [4.69, 9.17) is 9.63 Å². The molecule has 0 aromatic carbocycles. The van der Waals surface area contributed by atoms with E-state index in [1.54, 1.807) is 0 Å². The second kappa shape index (κ2) is 7.35. The lowest BCUT2D eigenvalue weighted by molar-refractivity contribution is 0.0930. The number of aliphatic hydroxyl groups is 1. The van der Waals surface area contributed by atoms with E-state index in [9.17, 15) is 4.79 Å². The third-order valence-electron chi connectivity index (χ3n) is 3.67. The standard InChI is InChI=1S/C13H22N4O3/c1-2-9(5-7-18)8-15-12(19)11-16-13(20-17-11)10-4-3-6-14-10/h9-10,14,18H,2-8H2,1H3,(H,15,19). The number of rotatable bonds is 7. The van der Waals surface area contributed by atoms with Crippen LogP contribution in [0.3, 0.4) is 0 Å². The van der Waals surface area contributed by atoms with Gasteiger partial charge in [-0.2, -0.15) is 4.98 Å². The van der Waals surface area contributed by atoms with Gasteiger partial charge in [0.1, 0.15) is 0 Å². The smallest absolute Gasteiger partial charge is 0.292 e. The van der Waals surface area contributed by atoms with Crippen molar-refractivity contribution in [3.05, 3.63) is 11.7 Å². The maximum absolute atomic E-state index is 11.9. The summed E-state index contributed by atoms with van der Waals surface area (Å²) in [6, 6.07) is 0.0711. The molecule has 1 aromatic rings. The summed E-state index contributed by atoms with van der Waals surface area (Å²) in [5, 5.41) is 18.7. The minimum Gasteiger partial charge on any atom is -0.396 e. The predicted molar refractivity (Wildman–Crippen MR) is 72.1 cm³/mol. The highest BCUT2D eigenvalue weighted by Gasteiger charge is 2.24. The lowest BCUT2D eigenvalue weighted by atomic mass is 10.0. The lowest BCUT2D eigenvalue weighted by Crippen LogP contribution is -2.30. The summed E-state index contributed by atoms with van der Waals surface area (Å²) in [6.07, 6.45) is 3.62. The van der Waals surface area contributed by atoms with Crippen LogP contribution in [0.25, 0.3) is 0 Å². The maximum Gasteiger partial charge on any atom is 0.292 e. The molecule has 7 heteroatoms. The highest BCUT2D eigenvalue weighted by molar-refractivity contribution is 5.90. The zero-order valence-corrected chi connectivity index (χ0v) is 11.8. The van der Waals surface area contributed by atoms with E-state index in [1.165, 1.54) is 0 Å². The number of nitrogens with zero attached hydrogens (tertiary/aromatic N) is 2. The van der Waals surface area contributed by atoms with Crippen molar-refractivity contribution in [1.29, 1.82) is 0 Å². The molecule has 0 radical (unpaired) electrons. The van der Waals surface area contributed by atoms with Crippen LogP contribution in [0.2, 0.25) is 0 Å². The Morgan fingerprint density at radius 1 is 1.65 bits per heavy atom. The fraction of sp³-hybridized carbons (Fsp3) is 0.769. The largest absolute Gasteiger partial charge is 0.396 e. The molecule has 1 aliphatic heterocycles. The molecule has 1 saturated heterocycles. The molecule has 1 fully saturated rings. The van der Waals surface area contributed by atoms with Crippen molar-refractivity contribution in [3.8, 4) is 0 Å². The Morgan fingerprint density at radius 3 is 3.15 bits per heavy atom. The maximum atomic E-state index is 11.9. The summed E-state index contributed by atoms with van der Waals surface area (Å²) >= 11 is 0. The van der Waals surface area contributed by atoms with Crippen LogP contribution < -0.4 is 10.6 Å². The molecule has 0 aliphatic carbocycles. The molecule has 1 aliphatic rings. The Morgan fingerprint density at radius 2 is 2.50 bits per heavy atom. The summed E-state index contributed by atoms with van der Waals surface area (Å²) in [4.78, 5) is 16.1. The average Bonchev–Trinajstić information content (AvgIpc) is 3.12. The Labute approximate surface area is 118 Å². The Bertz CT molecular complexity index is 429. The lowest BCUT2D eigenvalue weighted by Gasteiger charge is -2.13. The van der Waals surface area contributed by atoms with Crippen LogP contribution in [0.15, 0.2) is 4.52 Å². The van der Waals surface area contributed by atoms with Gasteiger partial charge in [-0.15, -0.1) is 0 Å². The van der Waals surface area contributed by atoms with Gasteiger partial charge < -0.3 is 20.3 Å². The zero-order chi connectivity index (χ0) is 14.4. The summed E-state index contributed by atoms with van der Waals surface area (Å²) in [5.74, 6) is 0.504. The van der Waals surface area contributed by atoms with Gasteiger partial charge in [-0.25, -0.2) is 0 Å². The number of hydrogen-bond acceptors (Lipinski definition) is 6. The quantitative estimate of drug-likeness (QED) is 0.678. The van der Waals surface area contributed by atoms with E-state index < -0.39 is 0 Å². The first kappa shape index (κ1) is 14.9. The molecule has 1 aromatic heterocycles. The molecule has 2 rings (SSSR count). The molecule has 0 saturated carbocycles. The van der Waals surface area contributed by atoms with E-state index in [0.29, 0.717) is 18.9 Å². The molecule has 20 heavy (non-hydrogen) atoms. The molecule has 1 amide bonds. The Kier molecular flexibility index (Phi) is 5.49. The van der Waals surface area contributed by atoms with E-state index in [1.807, 2.05) is 6.92 Å². The van der Waals surface area contributed by atoms with Gasteiger partial charge in [0.25, 0.3) is 11.7 Å². The van der Waals surface area contributed by atoms with Crippen molar-refractivity contribution in [1.82, 2.24) is 20.8 Å². The zero-order valence-electron chi connectivity index (χ0n) is 11.8. The van der Waals surface area contributed by atoms with Gasteiger partial charge in [-0.3, -0.25) is 4.79 Å². The van der Waals surface area contributed by atoms with E-state index in [0.717, 1.165) is 25.8 Å². The van der Waals surface area contributed by atoms with Crippen LogP contribution >= 0.6 is 0 Å². The van der Waals surface area contributed by atoms with Gasteiger partial charge in [0.05, 0.1) is 6.04 Å². The predicted octanol–water partition coefficient (Wildman–Crippen LogP) is 0.632. The first-order chi connectivity index (χ1) is 9.74. The van der Waals surface area contributed by atoms with Crippen molar-refractivity contribution in [3.63, 3.8) is 0 Å². The minimum atomic E-state index is -0.325. The summed E-state index contributed by atoms with van der Waals surface area (Å²) in [6.45, 7) is 3.62. The highest BCUT2D eigenvalue weighted by Crippen LogP contribution is 2.20. The second-order valence-electron chi connectivity index (χ2n) is 5.10. The van der Waals surface area contributed by atoms with E-state index >= 15 is 0 Å². The SMILES string of the molecule is CCC(CCO)CNC(=O)c1noc(C2CCCN2)n1.